The molecule has 0 spiro atoms. The van der Waals surface area contributed by atoms with Gasteiger partial charge in [0.25, 0.3) is 0 Å². The Morgan fingerprint density at radius 1 is 1.21 bits per heavy atom. The molecule has 4 heterocycles. The molecule has 1 aromatic heterocycles. The van der Waals surface area contributed by atoms with Crippen LogP contribution in [-0.4, -0.2) is 74.4 Å². The van der Waals surface area contributed by atoms with Crippen LogP contribution >= 0.6 is 0 Å². The summed E-state index contributed by atoms with van der Waals surface area (Å²) >= 11 is 0. The molecule has 2 saturated heterocycles. The number of pyridine rings is 1. The van der Waals surface area contributed by atoms with Crippen LogP contribution in [0.25, 0.3) is 0 Å². The SMILES string of the molecule is CC(C)N1CCN2c3ncc(N4CCNCC4)cc3OCCC2C1. The molecule has 0 aliphatic carbocycles. The molecular weight excluding hydrogens is 302 g/mol. The minimum Gasteiger partial charge on any atom is -0.490 e. The molecule has 6 nitrogen and oxygen atoms in total. The largest absolute Gasteiger partial charge is 0.490 e. The van der Waals surface area contributed by atoms with Crippen LogP contribution < -0.4 is 19.9 Å². The van der Waals surface area contributed by atoms with Crippen molar-refractivity contribution in [2.24, 2.45) is 0 Å². The molecule has 1 atom stereocenters. The zero-order valence-corrected chi connectivity index (χ0v) is 14.9. The Kier molecular flexibility index (Phi) is 4.50. The van der Waals surface area contributed by atoms with Gasteiger partial charge in [-0.3, -0.25) is 4.90 Å². The summed E-state index contributed by atoms with van der Waals surface area (Å²) in [6.45, 7) is 12.8. The maximum Gasteiger partial charge on any atom is 0.171 e. The van der Waals surface area contributed by atoms with Gasteiger partial charge in [0.15, 0.2) is 11.6 Å². The number of hydrogen-bond donors (Lipinski definition) is 1. The van der Waals surface area contributed by atoms with E-state index >= 15 is 0 Å². The Morgan fingerprint density at radius 2 is 2.04 bits per heavy atom. The molecule has 4 rings (SSSR count). The topological polar surface area (TPSA) is 43.9 Å². The summed E-state index contributed by atoms with van der Waals surface area (Å²) in [7, 11) is 0. The smallest absolute Gasteiger partial charge is 0.171 e. The molecule has 0 bridgehead atoms. The molecule has 132 valence electrons. The second-order valence-electron chi connectivity index (χ2n) is 7.33. The van der Waals surface area contributed by atoms with Gasteiger partial charge in [-0.25, -0.2) is 4.98 Å². The van der Waals surface area contributed by atoms with Gasteiger partial charge in [0.1, 0.15) is 0 Å². The van der Waals surface area contributed by atoms with Gasteiger partial charge in [0.05, 0.1) is 18.5 Å². The number of hydrogen-bond acceptors (Lipinski definition) is 6. The molecule has 1 unspecified atom stereocenters. The van der Waals surface area contributed by atoms with Gasteiger partial charge in [-0.15, -0.1) is 0 Å². The summed E-state index contributed by atoms with van der Waals surface area (Å²) in [6, 6.07) is 3.32. The standard InChI is InChI=1S/C18H29N5O/c1-14(2)22-8-9-23-15(13-22)3-10-24-17-11-16(12-20-18(17)23)21-6-4-19-5-7-21/h11-12,14-15,19H,3-10,13H2,1-2H3. The Hall–Kier alpha value is -1.53. The van der Waals surface area contributed by atoms with E-state index in [1.807, 2.05) is 6.20 Å². The van der Waals surface area contributed by atoms with Gasteiger partial charge in [0, 0.05) is 70.4 Å². The lowest BCUT2D eigenvalue weighted by molar-refractivity contribution is 0.172. The lowest BCUT2D eigenvalue weighted by Crippen LogP contribution is -2.55. The molecule has 0 saturated carbocycles. The summed E-state index contributed by atoms with van der Waals surface area (Å²) in [5, 5.41) is 3.40. The number of rotatable bonds is 2. The number of anilines is 2. The normalized spacial score (nSPS) is 25.0. The van der Waals surface area contributed by atoms with E-state index in [0.717, 1.165) is 70.4 Å². The molecule has 1 N–H and O–H groups in total. The highest BCUT2D eigenvalue weighted by molar-refractivity contribution is 5.61. The van der Waals surface area contributed by atoms with E-state index in [1.54, 1.807) is 0 Å². The van der Waals surface area contributed by atoms with Crippen LogP contribution in [-0.2, 0) is 0 Å². The predicted octanol–water partition coefficient (Wildman–Crippen LogP) is 1.17. The number of fused-ring (bicyclic) bond motifs is 3. The molecule has 3 aliphatic rings. The fraction of sp³-hybridized carbons (Fsp3) is 0.722. The molecule has 2 fully saturated rings. The van der Waals surface area contributed by atoms with Crippen LogP contribution in [0.5, 0.6) is 5.75 Å². The molecule has 0 aromatic carbocycles. The zero-order chi connectivity index (χ0) is 16.5. The number of piperazine rings is 2. The van der Waals surface area contributed by atoms with Gasteiger partial charge < -0.3 is 19.9 Å². The summed E-state index contributed by atoms with van der Waals surface area (Å²) < 4.78 is 6.10. The van der Waals surface area contributed by atoms with Crippen LogP contribution in [0.3, 0.4) is 0 Å². The fourth-order valence-corrected chi connectivity index (χ4v) is 4.02. The highest BCUT2D eigenvalue weighted by atomic mass is 16.5. The van der Waals surface area contributed by atoms with Crippen molar-refractivity contribution in [1.29, 1.82) is 0 Å². The van der Waals surface area contributed by atoms with E-state index in [4.69, 9.17) is 9.72 Å². The minimum atomic E-state index is 0.514. The molecule has 0 radical (unpaired) electrons. The van der Waals surface area contributed by atoms with Gasteiger partial charge >= 0.3 is 0 Å². The van der Waals surface area contributed by atoms with Crippen molar-refractivity contribution in [1.82, 2.24) is 15.2 Å². The molecule has 3 aliphatic heterocycles. The van der Waals surface area contributed by atoms with Crippen molar-refractivity contribution in [3.05, 3.63) is 12.3 Å². The maximum atomic E-state index is 6.10. The van der Waals surface area contributed by atoms with Crippen LogP contribution in [0.1, 0.15) is 20.3 Å². The Balaban J connectivity index is 1.56. The van der Waals surface area contributed by atoms with E-state index in [0.29, 0.717) is 12.1 Å². The first kappa shape index (κ1) is 16.0. The van der Waals surface area contributed by atoms with Crippen LogP contribution in [0.2, 0.25) is 0 Å². The summed E-state index contributed by atoms with van der Waals surface area (Å²) in [5.41, 5.74) is 1.19. The summed E-state index contributed by atoms with van der Waals surface area (Å²) in [6.07, 6.45) is 3.10. The van der Waals surface area contributed by atoms with Gasteiger partial charge in [-0.1, -0.05) is 0 Å². The lowest BCUT2D eigenvalue weighted by Gasteiger charge is -2.42. The highest BCUT2D eigenvalue weighted by Gasteiger charge is 2.33. The average molecular weight is 331 g/mol. The minimum absolute atomic E-state index is 0.514. The molecule has 0 amide bonds. The van der Waals surface area contributed by atoms with Crippen LogP contribution in [0.15, 0.2) is 12.3 Å². The second kappa shape index (κ2) is 6.76. The Labute approximate surface area is 144 Å². The predicted molar refractivity (Wildman–Crippen MR) is 97.3 cm³/mol. The molecular formula is C18H29N5O. The molecule has 24 heavy (non-hydrogen) atoms. The van der Waals surface area contributed by atoms with Gasteiger partial charge in [-0.05, 0) is 13.8 Å². The Bertz CT molecular complexity index is 573. The monoisotopic (exact) mass is 331 g/mol. The van der Waals surface area contributed by atoms with Crippen LogP contribution in [0, 0.1) is 0 Å². The van der Waals surface area contributed by atoms with Crippen molar-refractivity contribution in [2.45, 2.75) is 32.4 Å². The second-order valence-corrected chi connectivity index (χ2v) is 7.33. The average Bonchev–Trinajstić information content (AvgIpc) is 2.80. The van der Waals surface area contributed by atoms with Crippen molar-refractivity contribution in [2.75, 3.05) is 62.2 Å². The van der Waals surface area contributed by atoms with Crippen molar-refractivity contribution in [3.8, 4) is 5.75 Å². The van der Waals surface area contributed by atoms with Crippen molar-refractivity contribution in [3.63, 3.8) is 0 Å². The van der Waals surface area contributed by atoms with Gasteiger partial charge in [0.2, 0.25) is 0 Å². The summed E-state index contributed by atoms with van der Waals surface area (Å²) in [5.74, 6) is 2.01. The van der Waals surface area contributed by atoms with Crippen molar-refractivity contribution < 1.29 is 4.74 Å². The van der Waals surface area contributed by atoms with E-state index in [9.17, 15) is 0 Å². The fourth-order valence-electron chi connectivity index (χ4n) is 4.02. The van der Waals surface area contributed by atoms with E-state index in [1.165, 1.54) is 5.69 Å². The maximum absolute atomic E-state index is 6.10. The number of nitrogens with one attached hydrogen (secondary N) is 1. The third-order valence-corrected chi connectivity index (χ3v) is 5.53. The first-order valence-corrected chi connectivity index (χ1v) is 9.31. The lowest BCUT2D eigenvalue weighted by atomic mass is 10.1. The number of nitrogens with zero attached hydrogens (tertiary/aromatic N) is 4. The first-order valence-electron chi connectivity index (χ1n) is 9.31. The van der Waals surface area contributed by atoms with E-state index in [2.05, 4.69) is 39.9 Å². The summed E-state index contributed by atoms with van der Waals surface area (Å²) in [4.78, 5) is 12.3. The third-order valence-electron chi connectivity index (χ3n) is 5.53. The van der Waals surface area contributed by atoms with Crippen molar-refractivity contribution >= 4 is 11.5 Å². The van der Waals surface area contributed by atoms with E-state index in [-0.39, 0.29) is 0 Å². The highest BCUT2D eigenvalue weighted by Crippen LogP contribution is 2.35. The zero-order valence-electron chi connectivity index (χ0n) is 14.9. The van der Waals surface area contributed by atoms with E-state index < -0.39 is 0 Å². The molecule has 6 heteroatoms. The number of aromatic nitrogens is 1. The molecule has 1 aromatic rings. The third kappa shape index (κ3) is 3.05. The van der Waals surface area contributed by atoms with Crippen LogP contribution in [0.4, 0.5) is 11.5 Å². The number of ether oxygens (including phenoxy) is 1. The van der Waals surface area contributed by atoms with Gasteiger partial charge in [-0.2, -0.15) is 0 Å². The first-order chi connectivity index (χ1) is 11.7. The quantitative estimate of drug-likeness (QED) is 0.878. The Morgan fingerprint density at radius 3 is 2.83 bits per heavy atom.